The minimum atomic E-state index is -4.52. The Labute approximate surface area is 152 Å². The number of alkyl halides is 3. The summed E-state index contributed by atoms with van der Waals surface area (Å²) < 4.78 is 46.8. The molecule has 146 valence electrons. The van der Waals surface area contributed by atoms with Crippen molar-refractivity contribution in [3.8, 4) is 5.75 Å². The summed E-state index contributed by atoms with van der Waals surface area (Å²) in [6.07, 6.45) is -0.205. The molecule has 1 aliphatic heterocycles. The number of ether oxygens (including phenoxy) is 1. The van der Waals surface area contributed by atoms with E-state index in [1.165, 1.54) is 12.1 Å². The van der Waals surface area contributed by atoms with Gasteiger partial charge in [0.25, 0.3) is 0 Å². The Kier molecular flexibility index (Phi) is 6.55. The van der Waals surface area contributed by atoms with E-state index in [4.69, 9.17) is 4.74 Å². The van der Waals surface area contributed by atoms with Crippen LogP contribution in [0.1, 0.15) is 64.5 Å². The van der Waals surface area contributed by atoms with Crippen molar-refractivity contribution < 1.29 is 22.7 Å². The van der Waals surface area contributed by atoms with Crippen LogP contribution in [0.25, 0.3) is 0 Å². The van der Waals surface area contributed by atoms with E-state index in [1.54, 1.807) is 26.0 Å². The van der Waals surface area contributed by atoms with Crippen molar-refractivity contribution in [3.05, 3.63) is 29.8 Å². The number of hydrazine groups is 1. The lowest BCUT2D eigenvalue weighted by Crippen LogP contribution is -2.51. The third kappa shape index (κ3) is 5.13. The van der Waals surface area contributed by atoms with Gasteiger partial charge < -0.3 is 4.74 Å². The van der Waals surface area contributed by atoms with Crippen LogP contribution in [0.3, 0.4) is 0 Å². The summed E-state index contributed by atoms with van der Waals surface area (Å²) in [5.74, 6) is 0.146. The van der Waals surface area contributed by atoms with E-state index in [2.05, 4.69) is 12.3 Å². The summed E-state index contributed by atoms with van der Waals surface area (Å²) in [7, 11) is 0. The third-order valence-corrected chi connectivity index (χ3v) is 4.52. The molecule has 0 unspecified atom stereocenters. The maximum atomic E-state index is 13.7. The van der Waals surface area contributed by atoms with E-state index in [0.717, 1.165) is 30.7 Å². The van der Waals surface area contributed by atoms with Crippen molar-refractivity contribution in [2.75, 3.05) is 6.61 Å². The lowest BCUT2D eigenvalue weighted by molar-refractivity contribution is -0.203. The first-order valence-corrected chi connectivity index (χ1v) is 9.03. The van der Waals surface area contributed by atoms with Gasteiger partial charge in [-0.05, 0) is 38.0 Å². The fourth-order valence-corrected chi connectivity index (χ4v) is 3.17. The molecule has 1 fully saturated rings. The summed E-state index contributed by atoms with van der Waals surface area (Å²) >= 11 is 0. The number of halogens is 3. The molecule has 1 aromatic carbocycles. The number of nitrogens with zero attached hydrogens (tertiary/aromatic N) is 1. The molecule has 0 bridgehead atoms. The Hall–Kier alpha value is -1.76. The van der Waals surface area contributed by atoms with E-state index in [0.29, 0.717) is 12.4 Å². The second kappa shape index (κ2) is 8.29. The molecule has 0 saturated carbocycles. The third-order valence-electron chi connectivity index (χ3n) is 4.52. The smallest absolute Gasteiger partial charge is 0.409 e. The molecule has 1 saturated heterocycles. The van der Waals surface area contributed by atoms with Gasteiger partial charge in [-0.1, -0.05) is 38.3 Å². The zero-order valence-electron chi connectivity index (χ0n) is 15.5. The average molecular weight is 372 g/mol. The summed E-state index contributed by atoms with van der Waals surface area (Å²) in [4.78, 5) is 11.6. The number of nitrogens with one attached hydrogen (secondary N) is 1. The summed E-state index contributed by atoms with van der Waals surface area (Å²) in [5, 5.41) is 1.01. The first kappa shape index (κ1) is 20.6. The number of rotatable bonds is 8. The normalized spacial score (nSPS) is 18.6. The van der Waals surface area contributed by atoms with E-state index in [-0.39, 0.29) is 12.0 Å². The van der Waals surface area contributed by atoms with Crippen LogP contribution in [0.15, 0.2) is 24.3 Å². The molecule has 1 amide bonds. The van der Waals surface area contributed by atoms with Crippen LogP contribution < -0.4 is 10.2 Å². The van der Waals surface area contributed by atoms with Gasteiger partial charge >= 0.3 is 6.18 Å². The maximum absolute atomic E-state index is 13.7. The van der Waals surface area contributed by atoms with Crippen LogP contribution in [0.4, 0.5) is 13.2 Å². The standard InChI is InChI=1S/C19H27F3N2O2/c1-4-5-6-7-12-26-15-10-8-14(9-11-15)17(19(20,21)22)24-18(2,3)13-16(25)23-24/h8-11,17H,4-7,12-13H2,1-3H3,(H,23,25)/t17-/m0/s1. The Bertz CT molecular complexity index is 600. The maximum Gasteiger partial charge on any atom is 0.409 e. The van der Waals surface area contributed by atoms with Gasteiger partial charge in [0.1, 0.15) is 5.75 Å². The van der Waals surface area contributed by atoms with Gasteiger partial charge in [-0.3, -0.25) is 10.2 Å². The van der Waals surface area contributed by atoms with Gasteiger partial charge in [0.15, 0.2) is 6.04 Å². The highest BCUT2D eigenvalue weighted by molar-refractivity contribution is 5.79. The Morgan fingerprint density at radius 3 is 2.35 bits per heavy atom. The van der Waals surface area contributed by atoms with E-state index >= 15 is 0 Å². The highest BCUT2D eigenvalue weighted by Gasteiger charge is 2.52. The molecule has 1 aliphatic rings. The molecular formula is C19H27F3N2O2. The molecule has 2 rings (SSSR count). The molecule has 0 spiro atoms. The number of carbonyl (C=O) groups excluding carboxylic acids is 1. The van der Waals surface area contributed by atoms with Crippen LogP contribution in [0.2, 0.25) is 0 Å². The van der Waals surface area contributed by atoms with Crippen LogP contribution in [0, 0.1) is 0 Å². The molecule has 4 nitrogen and oxygen atoms in total. The van der Waals surface area contributed by atoms with Crippen molar-refractivity contribution >= 4 is 5.91 Å². The van der Waals surface area contributed by atoms with Crippen LogP contribution in [0.5, 0.6) is 5.75 Å². The zero-order valence-corrected chi connectivity index (χ0v) is 15.5. The highest BCUT2D eigenvalue weighted by Crippen LogP contribution is 2.42. The van der Waals surface area contributed by atoms with Gasteiger partial charge in [0, 0.05) is 12.0 Å². The van der Waals surface area contributed by atoms with E-state index in [9.17, 15) is 18.0 Å². The van der Waals surface area contributed by atoms with Crippen LogP contribution in [-0.4, -0.2) is 29.2 Å². The molecule has 1 N–H and O–H groups in total. The van der Waals surface area contributed by atoms with Crippen molar-refractivity contribution in [2.45, 2.75) is 70.6 Å². The van der Waals surface area contributed by atoms with E-state index in [1.807, 2.05) is 0 Å². The predicted octanol–water partition coefficient (Wildman–Crippen LogP) is 4.76. The van der Waals surface area contributed by atoms with Gasteiger partial charge in [-0.25, -0.2) is 0 Å². The van der Waals surface area contributed by atoms with Gasteiger partial charge in [-0.15, -0.1) is 0 Å². The van der Waals surface area contributed by atoms with Crippen molar-refractivity contribution in [1.82, 2.24) is 10.4 Å². The van der Waals surface area contributed by atoms with Crippen molar-refractivity contribution in [3.63, 3.8) is 0 Å². The zero-order chi connectivity index (χ0) is 19.4. The minimum Gasteiger partial charge on any atom is -0.494 e. The second-order valence-electron chi connectivity index (χ2n) is 7.32. The first-order chi connectivity index (χ1) is 12.1. The topological polar surface area (TPSA) is 41.6 Å². The SMILES string of the molecule is CCCCCCOc1ccc([C@H](N2NC(=O)CC2(C)C)C(F)(F)F)cc1. The van der Waals surface area contributed by atoms with Crippen molar-refractivity contribution in [1.29, 1.82) is 0 Å². The minimum absolute atomic E-state index is 0.0263. The van der Waals surface area contributed by atoms with Crippen LogP contribution in [-0.2, 0) is 4.79 Å². The number of carbonyl (C=O) groups is 1. The number of benzene rings is 1. The van der Waals surface area contributed by atoms with Gasteiger partial charge in [0.2, 0.25) is 5.91 Å². The number of hydrogen-bond acceptors (Lipinski definition) is 3. The molecule has 7 heteroatoms. The molecule has 1 atom stereocenters. The van der Waals surface area contributed by atoms with Gasteiger partial charge in [-0.2, -0.15) is 18.2 Å². The Morgan fingerprint density at radius 2 is 1.85 bits per heavy atom. The molecule has 0 radical (unpaired) electrons. The summed E-state index contributed by atoms with van der Waals surface area (Å²) in [6.45, 7) is 5.92. The molecule has 1 aromatic rings. The first-order valence-electron chi connectivity index (χ1n) is 9.03. The fourth-order valence-electron chi connectivity index (χ4n) is 3.17. The fraction of sp³-hybridized carbons (Fsp3) is 0.632. The van der Waals surface area contributed by atoms with Gasteiger partial charge in [0.05, 0.1) is 6.61 Å². The molecule has 0 aromatic heterocycles. The molecule has 1 heterocycles. The van der Waals surface area contributed by atoms with Crippen LogP contribution >= 0.6 is 0 Å². The van der Waals surface area contributed by atoms with Crippen molar-refractivity contribution in [2.24, 2.45) is 0 Å². The molecule has 0 aliphatic carbocycles. The van der Waals surface area contributed by atoms with E-state index < -0.39 is 23.7 Å². The largest absolute Gasteiger partial charge is 0.494 e. The predicted molar refractivity (Wildman–Crippen MR) is 93.6 cm³/mol. The number of hydrogen-bond donors (Lipinski definition) is 1. The highest BCUT2D eigenvalue weighted by atomic mass is 19.4. The monoisotopic (exact) mass is 372 g/mol. The number of amides is 1. The lowest BCUT2D eigenvalue weighted by Gasteiger charge is -2.37. The Balaban J connectivity index is 2.11. The number of unbranched alkanes of at least 4 members (excludes halogenated alkanes) is 3. The quantitative estimate of drug-likeness (QED) is 0.669. The Morgan fingerprint density at radius 1 is 1.19 bits per heavy atom. The molecule has 26 heavy (non-hydrogen) atoms. The summed E-state index contributed by atoms with van der Waals surface area (Å²) in [5.41, 5.74) is 1.51. The average Bonchev–Trinajstić information content (AvgIpc) is 2.80. The lowest BCUT2D eigenvalue weighted by atomic mass is 9.97. The summed E-state index contributed by atoms with van der Waals surface area (Å²) in [6, 6.07) is 4.04. The molecular weight excluding hydrogens is 345 g/mol. The second-order valence-corrected chi connectivity index (χ2v) is 7.32.